The molecule has 4 rings (SSSR count). The molecule has 2 aromatic carbocycles. The highest BCUT2D eigenvalue weighted by Gasteiger charge is 2.18. The Morgan fingerprint density at radius 3 is 2.62 bits per heavy atom. The number of carbonyl (C=O) groups is 1. The van der Waals surface area contributed by atoms with E-state index in [0.29, 0.717) is 25.3 Å². The summed E-state index contributed by atoms with van der Waals surface area (Å²) in [5, 5.41) is 0. The van der Waals surface area contributed by atoms with E-state index in [1.807, 2.05) is 31.2 Å². The predicted molar refractivity (Wildman–Crippen MR) is 97.6 cm³/mol. The van der Waals surface area contributed by atoms with Crippen LogP contribution in [0.4, 0.5) is 0 Å². The largest absolute Gasteiger partial charge is 0.496 e. The van der Waals surface area contributed by atoms with E-state index < -0.39 is 0 Å². The molecule has 0 fully saturated rings. The number of ether oxygens (including phenoxy) is 3. The van der Waals surface area contributed by atoms with Gasteiger partial charge in [0.2, 0.25) is 0 Å². The van der Waals surface area contributed by atoms with E-state index in [9.17, 15) is 4.79 Å². The summed E-state index contributed by atoms with van der Waals surface area (Å²) in [6.45, 7) is 5.16. The monoisotopic (exact) mass is 352 g/mol. The number of rotatable bonds is 4. The Morgan fingerprint density at radius 1 is 1.19 bits per heavy atom. The number of fused-ring (bicyclic) bond motifs is 2. The number of aromatic nitrogens is 2. The van der Waals surface area contributed by atoms with Gasteiger partial charge in [0, 0.05) is 23.3 Å². The summed E-state index contributed by atoms with van der Waals surface area (Å²) in [7, 11) is 1.63. The minimum atomic E-state index is 0.0285. The molecule has 6 heteroatoms. The molecule has 3 aromatic rings. The number of methoxy groups -OCH3 is 1. The van der Waals surface area contributed by atoms with Crippen molar-refractivity contribution in [2.45, 2.75) is 20.4 Å². The van der Waals surface area contributed by atoms with Crippen LogP contribution in [0.1, 0.15) is 28.7 Å². The van der Waals surface area contributed by atoms with Crippen LogP contribution in [-0.4, -0.2) is 35.7 Å². The topological polar surface area (TPSA) is 62.6 Å². The molecular formula is C20H20N2O4. The van der Waals surface area contributed by atoms with Gasteiger partial charge >= 0.3 is 0 Å². The van der Waals surface area contributed by atoms with Gasteiger partial charge in [-0.2, -0.15) is 0 Å². The number of hydrogen-bond acceptors (Lipinski definition) is 5. The maximum absolute atomic E-state index is 11.7. The molecule has 0 amide bonds. The SMILES string of the molecule is COc1ccc(C(C)=O)cc1Cn1c(C)nc2cc3c(cc21)OCCO3. The van der Waals surface area contributed by atoms with Crippen LogP contribution in [0.5, 0.6) is 17.2 Å². The highest BCUT2D eigenvalue weighted by atomic mass is 16.6. The van der Waals surface area contributed by atoms with Crippen molar-refractivity contribution in [3.63, 3.8) is 0 Å². The van der Waals surface area contributed by atoms with E-state index in [2.05, 4.69) is 9.55 Å². The highest BCUT2D eigenvalue weighted by molar-refractivity contribution is 5.94. The van der Waals surface area contributed by atoms with Gasteiger partial charge in [-0.15, -0.1) is 0 Å². The van der Waals surface area contributed by atoms with Crippen molar-refractivity contribution < 1.29 is 19.0 Å². The minimum Gasteiger partial charge on any atom is -0.496 e. The van der Waals surface area contributed by atoms with Gasteiger partial charge in [-0.25, -0.2) is 4.98 Å². The lowest BCUT2D eigenvalue weighted by Crippen LogP contribution is -2.15. The quantitative estimate of drug-likeness (QED) is 0.674. The summed E-state index contributed by atoms with van der Waals surface area (Å²) in [6.07, 6.45) is 0. The van der Waals surface area contributed by atoms with Crippen molar-refractivity contribution in [1.82, 2.24) is 9.55 Å². The van der Waals surface area contributed by atoms with Crippen LogP contribution in [0, 0.1) is 6.92 Å². The predicted octanol–water partition coefficient (Wildman–Crippen LogP) is 3.38. The lowest BCUT2D eigenvalue weighted by molar-refractivity contribution is 0.101. The number of Topliss-reactive ketones (excluding diaryl/α,β-unsaturated/α-hetero) is 1. The smallest absolute Gasteiger partial charge is 0.163 e. The first-order valence-electron chi connectivity index (χ1n) is 8.51. The van der Waals surface area contributed by atoms with E-state index in [-0.39, 0.29) is 5.78 Å². The van der Waals surface area contributed by atoms with E-state index in [1.54, 1.807) is 20.1 Å². The van der Waals surface area contributed by atoms with Gasteiger partial charge in [0.15, 0.2) is 17.3 Å². The minimum absolute atomic E-state index is 0.0285. The molecule has 0 spiro atoms. The molecule has 0 aliphatic carbocycles. The summed E-state index contributed by atoms with van der Waals surface area (Å²) in [6, 6.07) is 9.37. The molecule has 0 atom stereocenters. The van der Waals surface area contributed by atoms with Crippen molar-refractivity contribution >= 4 is 16.8 Å². The van der Waals surface area contributed by atoms with Crippen LogP contribution in [-0.2, 0) is 6.54 Å². The van der Waals surface area contributed by atoms with Crippen molar-refractivity contribution in [3.8, 4) is 17.2 Å². The Labute approximate surface area is 151 Å². The summed E-state index contributed by atoms with van der Waals surface area (Å²) in [4.78, 5) is 16.4. The Hall–Kier alpha value is -3.02. The number of hydrogen-bond donors (Lipinski definition) is 0. The van der Waals surface area contributed by atoms with Crippen LogP contribution in [0.25, 0.3) is 11.0 Å². The third-order valence-corrected chi connectivity index (χ3v) is 4.62. The van der Waals surface area contributed by atoms with Crippen molar-refractivity contribution in [3.05, 3.63) is 47.3 Å². The molecule has 0 N–H and O–H groups in total. The molecule has 2 heterocycles. The Balaban J connectivity index is 1.81. The molecule has 6 nitrogen and oxygen atoms in total. The fourth-order valence-electron chi connectivity index (χ4n) is 3.27. The van der Waals surface area contributed by atoms with Gasteiger partial charge in [-0.05, 0) is 32.0 Å². The third-order valence-electron chi connectivity index (χ3n) is 4.62. The molecular weight excluding hydrogens is 332 g/mol. The van der Waals surface area contributed by atoms with Gasteiger partial charge < -0.3 is 18.8 Å². The lowest BCUT2D eigenvalue weighted by atomic mass is 10.1. The highest BCUT2D eigenvalue weighted by Crippen LogP contribution is 2.35. The van der Waals surface area contributed by atoms with Gasteiger partial charge in [0.25, 0.3) is 0 Å². The molecule has 0 saturated heterocycles. The fourth-order valence-corrected chi connectivity index (χ4v) is 3.27. The van der Waals surface area contributed by atoms with Crippen molar-refractivity contribution in [1.29, 1.82) is 0 Å². The van der Waals surface area contributed by atoms with E-state index in [4.69, 9.17) is 14.2 Å². The summed E-state index contributed by atoms with van der Waals surface area (Å²) in [5.41, 5.74) is 3.41. The maximum Gasteiger partial charge on any atom is 0.163 e. The molecule has 0 radical (unpaired) electrons. The molecule has 26 heavy (non-hydrogen) atoms. The number of imidazole rings is 1. The number of aryl methyl sites for hydroxylation is 1. The summed E-state index contributed by atoms with van der Waals surface area (Å²) < 4.78 is 18.9. The molecule has 134 valence electrons. The van der Waals surface area contributed by atoms with Crippen molar-refractivity contribution in [2.75, 3.05) is 20.3 Å². The molecule has 0 saturated carbocycles. The second-order valence-corrected chi connectivity index (χ2v) is 6.31. The maximum atomic E-state index is 11.7. The average molecular weight is 352 g/mol. The Kier molecular flexibility index (Phi) is 4.03. The second-order valence-electron chi connectivity index (χ2n) is 6.31. The first-order valence-corrected chi connectivity index (χ1v) is 8.51. The molecule has 0 bridgehead atoms. The lowest BCUT2D eigenvalue weighted by Gasteiger charge is -2.18. The van der Waals surface area contributed by atoms with Crippen LogP contribution >= 0.6 is 0 Å². The number of ketones is 1. The molecule has 1 aromatic heterocycles. The zero-order chi connectivity index (χ0) is 18.3. The van der Waals surface area contributed by atoms with Crippen LogP contribution < -0.4 is 14.2 Å². The summed E-state index contributed by atoms with van der Waals surface area (Å²) in [5.74, 6) is 3.10. The summed E-state index contributed by atoms with van der Waals surface area (Å²) >= 11 is 0. The first kappa shape index (κ1) is 16.4. The molecule has 0 unspecified atom stereocenters. The van der Waals surface area contributed by atoms with E-state index >= 15 is 0 Å². The number of nitrogens with zero attached hydrogens (tertiary/aromatic N) is 2. The van der Waals surface area contributed by atoms with Crippen LogP contribution in [0.3, 0.4) is 0 Å². The van der Waals surface area contributed by atoms with Gasteiger partial charge in [0.05, 0.1) is 24.7 Å². The van der Waals surface area contributed by atoms with E-state index in [0.717, 1.165) is 39.7 Å². The fraction of sp³-hybridized carbons (Fsp3) is 0.300. The third kappa shape index (κ3) is 2.77. The zero-order valence-electron chi connectivity index (χ0n) is 15.0. The van der Waals surface area contributed by atoms with Gasteiger partial charge in [-0.3, -0.25) is 4.79 Å². The van der Waals surface area contributed by atoms with Crippen LogP contribution in [0.15, 0.2) is 30.3 Å². The normalized spacial score (nSPS) is 13.0. The van der Waals surface area contributed by atoms with Crippen molar-refractivity contribution in [2.24, 2.45) is 0 Å². The Morgan fingerprint density at radius 2 is 1.92 bits per heavy atom. The average Bonchev–Trinajstić information content (AvgIpc) is 2.94. The zero-order valence-corrected chi connectivity index (χ0v) is 15.0. The van der Waals surface area contributed by atoms with E-state index in [1.165, 1.54) is 0 Å². The van der Waals surface area contributed by atoms with Crippen LogP contribution in [0.2, 0.25) is 0 Å². The second kappa shape index (κ2) is 6.37. The molecule has 1 aliphatic rings. The van der Waals surface area contributed by atoms with Gasteiger partial charge in [-0.1, -0.05) is 0 Å². The Bertz CT molecular complexity index is 1010. The molecule has 1 aliphatic heterocycles. The number of carbonyl (C=O) groups excluding carboxylic acids is 1. The standard InChI is InChI=1S/C20H20N2O4/c1-12(23)14-4-5-18(24-3)15(8-14)11-22-13(2)21-16-9-19-20(10-17(16)22)26-7-6-25-19/h4-5,8-10H,6-7,11H2,1-3H3. The number of benzene rings is 2. The van der Waals surface area contributed by atoms with Gasteiger partial charge in [0.1, 0.15) is 24.8 Å². The first-order chi connectivity index (χ1) is 12.6.